The maximum atomic E-state index is 8.74. The Bertz CT molecular complexity index is 571. The number of anilines is 1. The highest BCUT2D eigenvalue weighted by atomic mass is 35.5. The van der Waals surface area contributed by atoms with E-state index < -0.39 is 0 Å². The normalized spacial score (nSPS) is 11.2. The van der Waals surface area contributed by atoms with Gasteiger partial charge < -0.3 is 10.4 Å². The van der Waals surface area contributed by atoms with Gasteiger partial charge in [0.15, 0.2) is 0 Å². The highest BCUT2D eigenvalue weighted by molar-refractivity contribution is 7.18. The molecule has 0 unspecified atom stereocenters. The van der Waals surface area contributed by atoms with Crippen LogP contribution in [0.2, 0.25) is 5.28 Å². The van der Waals surface area contributed by atoms with Crippen molar-refractivity contribution in [3.8, 4) is 0 Å². The lowest BCUT2D eigenvalue weighted by atomic mass is 10.2. The maximum absolute atomic E-state index is 8.74. The van der Waals surface area contributed by atoms with Crippen LogP contribution in [-0.2, 0) is 0 Å². The second-order valence-corrected chi connectivity index (χ2v) is 6.06. The minimum Gasteiger partial charge on any atom is -0.396 e. The Morgan fingerprint density at radius 2 is 2.00 bits per heavy atom. The molecule has 0 spiro atoms. The predicted molar refractivity (Wildman–Crippen MR) is 81.3 cm³/mol. The molecule has 0 amide bonds. The van der Waals surface area contributed by atoms with Crippen LogP contribution in [0.5, 0.6) is 0 Å². The summed E-state index contributed by atoms with van der Waals surface area (Å²) in [5.41, 5.74) is 1.22. The van der Waals surface area contributed by atoms with Crippen LogP contribution in [0.25, 0.3) is 10.2 Å². The molecule has 0 atom stereocenters. The lowest BCUT2D eigenvalue weighted by Gasteiger charge is -2.07. The molecular formula is C13H18ClN3OS. The first-order valence-corrected chi connectivity index (χ1v) is 7.61. The molecule has 2 aromatic heterocycles. The van der Waals surface area contributed by atoms with E-state index in [4.69, 9.17) is 16.7 Å². The third-order valence-electron chi connectivity index (χ3n) is 3.13. The van der Waals surface area contributed by atoms with Crippen molar-refractivity contribution in [3.63, 3.8) is 0 Å². The van der Waals surface area contributed by atoms with Crippen LogP contribution in [-0.4, -0.2) is 28.2 Å². The summed E-state index contributed by atoms with van der Waals surface area (Å²) >= 11 is 7.61. The van der Waals surface area contributed by atoms with E-state index in [2.05, 4.69) is 29.1 Å². The molecule has 0 aliphatic rings. The van der Waals surface area contributed by atoms with Gasteiger partial charge in [-0.3, -0.25) is 0 Å². The van der Waals surface area contributed by atoms with E-state index in [1.54, 1.807) is 11.3 Å². The molecule has 0 aliphatic carbocycles. The highest BCUT2D eigenvalue weighted by Crippen LogP contribution is 2.33. The van der Waals surface area contributed by atoms with Crippen LogP contribution in [0.1, 0.15) is 29.7 Å². The minimum atomic E-state index is 0.256. The van der Waals surface area contributed by atoms with Gasteiger partial charge in [0.1, 0.15) is 10.6 Å². The zero-order valence-corrected chi connectivity index (χ0v) is 12.7. The van der Waals surface area contributed by atoms with E-state index in [1.807, 2.05) is 0 Å². The number of aromatic nitrogens is 2. The maximum Gasteiger partial charge on any atom is 0.225 e. The molecule has 0 saturated carbocycles. The number of nitrogens with zero attached hydrogens (tertiary/aromatic N) is 2. The lowest BCUT2D eigenvalue weighted by molar-refractivity contribution is 0.283. The van der Waals surface area contributed by atoms with Crippen molar-refractivity contribution >= 4 is 39.0 Å². The Balaban J connectivity index is 2.17. The molecule has 2 aromatic rings. The van der Waals surface area contributed by atoms with E-state index in [-0.39, 0.29) is 11.9 Å². The standard InChI is InChI=1S/C13H18ClN3OS/c1-8-9(2)19-12-10(8)11(16-13(14)17-12)15-6-4-3-5-7-18/h18H,3-7H2,1-2H3,(H,15,16,17). The first-order valence-electron chi connectivity index (χ1n) is 6.41. The summed E-state index contributed by atoms with van der Waals surface area (Å²) in [6.07, 6.45) is 2.86. The Morgan fingerprint density at radius 1 is 1.21 bits per heavy atom. The van der Waals surface area contributed by atoms with Crippen LogP contribution in [0, 0.1) is 13.8 Å². The monoisotopic (exact) mass is 299 g/mol. The summed E-state index contributed by atoms with van der Waals surface area (Å²) in [4.78, 5) is 10.8. The van der Waals surface area contributed by atoms with Crippen molar-refractivity contribution in [1.82, 2.24) is 9.97 Å². The molecule has 0 aromatic carbocycles. The number of nitrogens with one attached hydrogen (secondary N) is 1. The van der Waals surface area contributed by atoms with Crippen molar-refractivity contribution in [2.75, 3.05) is 18.5 Å². The Kier molecular flexibility index (Phi) is 4.96. The number of hydrogen-bond acceptors (Lipinski definition) is 5. The topological polar surface area (TPSA) is 58.0 Å². The molecule has 2 heterocycles. The summed E-state index contributed by atoms with van der Waals surface area (Å²) in [6.45, 7) is 5.26. The molecule has 0 saturated heterocycles. The number of fused-ring (bicyclic) bond motifs is 1. The van der Waals surface area contributed by atoms with Crippen molar-refractivity contribution in [2.24, 2.45) is 0 Å². The Morgan fingerprint density at radius 3 is 2.74 bits per heavy atom. The number of rotatable bonds is 6. The van der Waals surface area contributed by atoms with Crippen molar-refractivity contribution in [3.05, 3.63) is 15.7 Å². The van der Waals surface area contributed by atoms with Gasteiger partial charge in [0, 0.05) is 18.0 Å². The molecule has 4 nitrogen and oxygen atoms in total. The fourth-order valence-electron chi connectivity index (χ4n) is 1.97. The zero-order chi connectivity index (χ0) is 13.8. The smallest absolute Gasteiger partial charge is 0.225 e. The predicted octanol–water partition coefficient (Wildman–Crippen LogP) is 3.54. The first-order chi connectivity index (χ1) is 9.13. The molecule has 0 aliphatic heterocycles. The zero-order valence-electron chi connectivity index (χ0n) is 11.2. The van der Waals surface area contributed by atoms with E-state index in [9.17, 15) is 0 Å². The third kappa shape index (κ3) is 3.35. The van der Waals surface area contributed by atoms with Crippen LogP contribution in [0.4, 0.5) is 5.82 Å². The molecule has 104 valence electrons. The molecular weight excluding hydrogens is 282 g/mol. The van der Waals surface area contributed by atoms with E-state index in [0.29, 0.717) is 0 Å². The molecule has 6 heteroatoms. The van der Waals surface area contributed by atoms with Gasteiger partial charge in [-0.2, -0.15) is 0 Å². The SMILES string of the molecule is Cc1sc2nc(Cl)nc(NCCCCCO)c2c1C. The highest BCUT2D eigenvalue weighted by Gasteiger charge is 2.13. The summed E-state index contributed by atoms with van der Waals surface area (Å²) in [5.74, 6) is 0.820. The van der Waals surface area contributed by atoms with Gasteiger partial charge in [0.05, 0.1) is 5.39 Å². The fourth-order valence-corrected chi connectivity index (χ4v) is 3.22. The minimum absolute atomic E-state index is 0.256. The van der Waals surface area contributed by atoms with Gasteiger partial charge in [-0.05, 0) is 50.3 Å². The van der Waals surface area contributed by atoms with Crippen LogP contribution in [0.3, 0.4) is 0 Å². The van der Waals surface area contributed by atoms with Gasteiger partial charge in [-0.25, -0.2) is 9.97 Å². The summed E-state index contributed by atoms with van der Waals surface area (Å²) in [7, 11) is 0. The number of halogens is 1. The number of thiophene rings is 1. The summed E-state index contributed by atoms with van der Waals surface area (Å²) < 4.78 is 0. The molecule has 2 rings (SSSR count). The first kappa shape index (κ1) is 14.5. The number of unbranched alkanes of at least 4 members (excludes halogenated alkanes) is 2. The number of aryl methyl sites for hydroxylation is 2. The molecule has 0 radical (unpaired) electrons. The average molecular weight is 300 g/mol. The second-order valence-electron chi connectivity index (χ2n) is 4.52. The van der Waals surface area contributed by atoms with Crippen molar-refractivity contribution < 1.29 is 5.11 Å². The summed E-state index contributed by atoms with van der Waals surface area (Å²) in [5, 5.41) is 13.4. The largest absolute Gasteiger partial charge is 0.396 e. The van der Waals surface area contributed by atoms with Crippen LogP contribution in [0.15, 0.2) is 0 Å². The average Bonchev–Trinajstić information content (AvgIpc) is 2.64. The number of hydrogen-bond donors (Lipinski definition) is 2. The quantitative estimate of drug-likeness (QED) is 0.633. The Labute approximate surface area is 121 Å². The van der Waals surface area contributed by atoms with Crippen molar-refractivity contribution in [1.29, 1.82) is 0 Å². The van der Waals surface area contributed by atoms with E-state index in [0.717, 1.165) is 41.8 Å². The van der Waals surface area contributed by atoms with Gasteiger partial charge in [0.2, 0.25) is 5.28 Å². The van der Waals surface area contributed by atoms with Gasteiger partial charge in [0.25, 0.3) is 0 Å². The van der Waals surface area contributed by atoms with Gasteiger partial charge >= 0.3 is 0 Å². The second kappa shape index (κ2) is 6.50. The van der Waals surface area contributed by atoms with Crippen molar-refractivity contribution in [2.45, 2.75) is 33.1 Å². The fraction of sp³-hybridized carbons (Fsp3) is 0.538. The van der Waals surface area contributed by atoms with Gasteiger partial charge in [-0.15, -0.1) is 11.3 Å². The van der Waals surface area contributed by atoms with Crippen LogP contribution < -0.4 is 5.32 Å². The lowest BCUT2D eigenvalue weighted by Crippen LogP contribution is -2.05. The summed E-state index contributed by atoms with van der Waals surface area (Å²) in [6, 6.07) is 0. The van der Waals surface area contributed by atoms with E-state index >= 15 is 0 Å². The molecule has 2 N–H and O–H groups in total. The molecule has 0 fully saturated rings. The molecule has 19 heavy (non-hydrogen) atoms. The number of aliphatic hydroxyl groups excluding tert-OH is 1. The van der Waals surface area contributed by atoms with E-state index in [1.165, 1.54) is 10.4 Å². The van der Waals surface area contributed by atoms with Crippen LogP contribution >= 0.6 is 22.9 Å². The number of aliphatic hydroxyl groups is 1. The third-order valence-corrected chi connectivity index (χ3v) is 4.40. The Hall–Kier alpha value is -0.910. The van der Waals surface area contributed by atoms with Gasteiger partial charge in [-0.1, -0.05) is 0 Å². The molecule has 0 bridgehead atoms.